The number of carbonyl (C=O) groups excluding carboxylic acids is 1. The van der Waals surface area contributed by atoms with E-state index in [-0.39, 0.29) is 11.2 Å². The fraction of sp³-hybridized carbons (Fsp3) is 0.611. The summed E-state index contributed by atoms with van der Waals surface area (Å²) in [6, 6.07) is 9.66. The van der Waals surface area contributed by atoms with Crippen LogP contribution >= 0.6 is 11.8 Å². The van der Waals surface area contributed by atoms with Gasteiger partial charge < -0.3 is 9.90 Å². The van der Waals surface area contributed by atoms with Gasteiger partial charge in [0.25, 0.3) is 0 Å². The number of hydrogen-bond acceptors (Lipinski definition) is 3. The Kier molecular flexibility index (Phi) is 6.31. The standard InChI is InChI=1S/C18H26O2S/c1-2-3-4-5-9-12-17-16(13-19)18(20,14-21-17)15-10-7-6-8-11-15/h6-8,10-11,13,16-17,20H,2-5,9,12,14H2,1H3/t16-,17-,18-/m1/s1. The van der Waals surface area contributed by atoms with Crippen LogP contribution in [0, 0.1) is 5.92 Å². The topological polar surface area (TPSA) is 37.3 Å². The Hall–Kier alpha value is -0.800. The van der Waals surface area contributed by atoms with E-state index in [0.29, 0.717) is 5.75 Å². The molecule has 0 bridgehead atoms. The van der Waals surface area contributed by atoms with Crippen molar-refractivity contribution in [2.75, 3.05) is 5.75 Å². The Labute approximate surface area is 132 Å². The molecule has 116 valence electrons. The van der Waals surface area contributed by atoms with Gasteiger partial charge in [-0.15, -0.1) is 0 Å². The number of aldehydes is 1. The van der Waals surface area contributed by atoms with Gasteiger partial charge in [0, 0.05) is 11.0 Å². The zero-order valence-electron chi connectivity index (χ0n) is 12.8. The molecule has 2 nitrogen and oxygen atoms in total. The average molecular weight is 306 g/mol. The van der Waals surface area contributed by atoms with E-state index in [1.807, 2.05) is 30.3 Å². The van der Waals surface area contributed by atoms with Gasteiger partial charge in [-0.25, -0.2) is 0 Å². The molecule has 1 fully saturated rings. The van der Waals surface area contributed by atoms with Gasteiger partial charge >= 0.3 is 0 Å². The molecule has 0 saturated carbocycles. The van der Waals surface area contributed by atoms with Crippen molar-refractivity contribution in [3.63, 3.8) is 0 Å². The summed E-state index contributed by atoms with van der Waals surface area (Å²) in [5.74, 6) is 0.344. The summed E-state index contributed by atoms with van der Waals surface area (Å²) in [5, 5.41) is 11.2. The van der Waals surface area contributed by atoms with E-state index < -0.39 is 5.60 Å². The van der Waals surface area contributed by atoms with E-state index in [1.54, 1.807) is 11.8 Å². The quantitative estimate of drug-likeness (QED) is 0.578. The van der Waals surface area contributed by atoms with Crippen LogP contribution in [0.1, 0.15) is 51.0 Å². The third kappa shape index (κ3) is 3.89. The van der Waals surface area contributed by atoms with Crippen molar-refractivity contribution in [1.82, 2.24) is 0 Å². The Balaban J connectivity index is 1.96. The first kappa shape index (κ1) is 16.6. The lowest BCUT2D eigenvalue weighted by Crippen LogP contribution is -2.37. The normalized spacial score (nSPS) is 28.7. The second-order valence-electron chi connectivity index (χ2n) is 6.00. The van der Waals surface area contributed by atoms with Gasteiger partial charge in [0.2, 0.25) is 0 Å². The second kappa shape index (κ2) is 8.00. The van der Waals surface area contributed by atoms with Crippen molar-refractivity contribution < 1.29 is 9.90 Å². The van der Waals surface area contributed by atoms with Crippen LogP contribution < -0.4 is 0 Å². The number of aliphatic hydroxyl groups is 1. The predicted molar refractivity (Wildman–Crippen MR) is 89.5 cm³/mol. The van der Waals surface area contributed by atoms with Gasteiger partial charge in [-0.3, -0.25) is 0 Å². The molecule has 0 spiro atoms. The van der Waals surface area contributed by atoms with E-state index >= 15 is 0 Å². The van der Waals surface area contributed by atoms with Crippen LogP contribution in [0.4, 0.5) is 0 Å². The van der Waals surface area contributed by atoms with Crippen LogP contribution in [0.3, 0.4) is 0 Å². The molecule has 0 amide bonds. The third-order valence-corrected chi connectivity index (χ3v) is 6.05. The van der Waals surface area contributed by atoms with Gasteiger partial charge in [-0.2, -0.15) is 11.8 Å². The van der Waals surface area contributed by atoms with Gasteiger partial charge in [0.15, 0.2) is 0 Å². The van der Waals surface area contributed by atoms with Crippen molar-refractivity contribution >= 4 is 18.0 Å². The van der Waals surface area contributed by atoms with Crippen molar-refractivity contribution in [1.29, 1.82) is 0 Å². The Morgan fingerprint density at radius 1 is 1.24 bits per heavy atom. The highest BCUT2D eigenvalue weighted by Crippen LogP contribution is 2.47. The zero-order valence-corrected chi connectivity index (χ0v) is 13.6. The number of benzene rings is 1. The van der Waals surface area contributed by atoms with Gasteiger partial charge in [0.05, 0.1) is 5.92 Å². The monoisotopic (exact) mass is 306 g/mol. The highest BCUT2D eigenvalue weighted by molar-refractivity contribution is 8.00. The molecule has 0 aromatic heterocycles. The molecule has 1 aromatic carbocycles. The molecule has 3 atom stereocenters. The van der Waals surface area contributed by atoms with E-state index in [9.17, 15) is 9.90 Å². The lowest BCUT2D eigenvalue weighted by molar-refractivity contribution is -0.118. The first-order valence-corrected chi connectivity index (χ1v) is 9.12. The van der Waals surface area contributed by atoms with Crippen molar-refractivity contribution in [3.05, 3.63) is 35.9 Å². The van der Waals surface area contributed by atoms with Crippen molar-refractivity contribution in [2.45, 2.75) is 56.3 Å². The fourth-order valence-corrected chi connectivity index (χ4v) is 4.81. The predicted octanol–water partition coefficient (Wildman–Crippen LogP) is 4.17. The summed E-state index contributed by atoms with van der Waals surface area (Å²) < 4.78 is 0. The number of thioether (sulfide) groups is 1. The largest absolute Gasteiger partial charge is 0.384 e. The molecule has 0 radical (unpaired) electrons. The molecule has 3 heteroatoms. The maximum Gasteiger partial charge on any atom is 0.127 e. The van der Waals surface area contributed by atoms with Crippen molar-refractivity contribution in [2.24, 2.45) is 5.92 Å². The first-order chi connectivity index (χ1) is 10.2. The minimum atomic E-state index is -0.984. The molecule has 0 aliphatic carbocycles. The molecule has 1 aliphatic rings. The van der Waals surface area contributed by atoms with E-state index in [0.717, 1.165) is 24.7 Å². The molecule has 21 heavy (non-hydrogen) atoms. The Morgan fingerprint density at radius 2 is 1.95 bits per heavy atom. The molecule has 1 N–H and O–H groups in total. The van der Waals surface area contributed by atoms with Crippen LogP contribution in [0.5, 0.6) is 0 Å². The number of carbonyl (C=O) groups is 1. The van der Waals surface area contributed by atoms with Gasteiger partial charge in [0.1, 0.15) is 11.9 Å². The average Bonchev–Trinajstić information content (AvgIpc) is 2.85. The lowest BCUT2D eigenvalue weighted by Gasteiger charge is -2.28. The second-order valence-corrected chi connectivity index (χ2v) is 7.23. The third-order valence-electron chi connectivity index (χ3n) is 4.48. The van der Waals surface area contributed by atoms with Crippen LogP contribution in [0.2, 0.25) is 0 Å². The minimum Gasteiger partial charge on any atom is -0.384 e. The highest BCUT2D eigenvalue weighted by Gasteiger charge is 2.48. The molecule has 2 rings (SSSR count). The minimum absolute atomic E-state index is 0.259. The molecule has 1 saturated heterocycles. The Morgan fingerprint density at radius 3 is 2.62 bits per heavy atom. The maximum atomic E-state index is 11.6. The van der Waals surface area contributed by atoms with E-state index in [2.05, 4.69) is 6.92 Å². The Bertz CT molecular complexity index is 434. The summed E-state index contributed by atoms with van der Waals surface area (Å²) in [4.78, 5) is 11.6. The zero-order chi connectivity index (χ0) is 15.1. The summed E-state index contributed by atoms with van der Waals surface area (Å²) in [7, 11) is 0. The highest BCUT2D eigenvalue weighted by atomic mass is 32.2. The summed E-state index contributed by atoms with van der Waals surface area (Å²) in [6.07, 6.45) is 8.23. The van der Waals surface area contributed by atoms with Crippen molar-refractivity contribution in [3.8, 4) is 0 Å². The summed E-state index contributed by atoms with van der Waals surface area (Å²) in [5.41, 5.74) is -0.107. The van der Waals surface area contributed by atoms with Gasteiger partial charge in [-0.05, 0) is 12.0 Å². The van der Waals surface area contributed by atoms with E-state index in [4.69, 9.17) is 0 Å². The molecule has 1 aromatic rings. The number of hydrogen-bond donors (Lipinski definition) is 1. The van der Waals surface area contributed by atoms with Crippen LogP contribution in [-0.2, 0) is 10.4 Å². The first-order valence-electron chi connectivity index (χ1n) is 8.07. The molecular formula is C18H26O2S. The molecule has 0 unspecified atom stereocenters. The molecule has 1 heterocycles. The summed E-state index contributed by atoms with van der Waals surface area (Å²) in [6.45, 7) is 2.22. The van der Waals surface area contributed by atoms with Gasteiger partial charge in [-0.1, -0.05) is 69.4 Å². The van der Waals surface area contributed by atoms with E-state index in [1.165, 1.54) is 25.7 Å². The fourth-order valence-electron chi connectivity index (χ4n) is 3.16. The SMILES string of the molecule is CCCCCCC[C@H]1SC[C@@](O)(c2ccccc2)[C@@H]1C=O. The van der Waals surface area contributed by atoms with Crippen LogP contribution in [0.15, 0.2) is 30.3 Å². The van der Waals surface area contributed by atoms with Crippen LogP contribution in [-0.4, -0.2) is 22.4 Å². The smallest absolute Gasteiger partial charge is 0.127 e. The summed E-state index contributed by atoms with van der Waals surface area (Å²) >= 11 is 1.76. The number of unbranched alkanes of at least 4 members (excludes halogenated alkanes) is 4. The van der Waals surface area contributed by atoms with Crippen LogP contribution in [0.25, 0.3) is 0 Å². The molecule has 1 aliphatic heterocycles. The number of rotatable bonds is 8. The lowest BCUT2D eigenvalue weighted by atomic mass is 9.81. The molecular weight excluding hydrogens is 280 g/mol. The maximum absolute atomic E-state index is 11.6.